The van der Waals surface area contributed by atoms with Crippen molar-refractivity contribution in [2.45, 2.75) is 18.3 Å². The lowest BCUT2D eigenvalue weighted by molar-refractivity contribution is -0.167. The lowest BCUT2D eigenvalue weighted by atomic mass is 10.4. The van der Waals surface area contributed by atoms with E-state index in [1.54, 1.807) is 6.92 Å². The number of carbonyl (C=O) groups excluding carboxylic acids is 1. The number of rotatable bonds is 4. The summed E-state index contributed by atoms with van der Waals surface area (Å²) in [6.07, 6.45) is -5.08. The summed E-state index contributed by atoms with van der Waals surface area (Å²) in [5, 5.41) is 10.2. The first-order chi connectivity index (χ1) is 8.74. The molecule has 2 N–H and O–H groups in total. The van der Waals surface area contributed by atoms with Gasteiger partial charge in [0.05, 0.1) is 0 Å². The van der Waals surface area contributed by atoms with E-state index >= 15 is 0 Å². The van der Waals surface area contributed by atoms with Gasteiger partial charge in [-0.3, -0.25) is 4.79 Å². The summed E-state index contributed by atoms with van der Waals surface area (Å²) in [7, 11) is 0. The molecule has 1 amide bonds. The number of aromatic nitrogens is 2. The molecule has 0 radical (unpaired) electrons. The van der Waals surface area contributed by atoms with Gasteiger partial charge in [0.2, 0.25) is 0 Å². The molecule has 1 rings (SSSR count). The molecule has 0 aliphatic heterocycles. The smallest absolute Gasteiger partial charge is 0.471 e. The summed E-state index contributed by atoms with van der Waals surface area (Å²) in [6, 6.07) is 0.756. The highest BCUT2D eigenvalue weighted by atomic mass is 32.2. The second kappa shape index (κ2) is 5.87. The molecular formula is C9H8F3N3O3S. The number of carboxylic acids is 1. The third kappa shape index (κ3) is 4.39. The van der Waals surface area contributed by atoms with Crippen molar-refractivity contribution in [1.29, 1.82) is 0 Å². The molecule has 0 unspecified atom stereocenters. The number of alkyl halides is 3. The first-order valence-corrected chi connectivity index (χ1v) is 5.86. The molecule has 0 fully saturated rings. The molecule has 0 saturated carbocycles. The van der Waals surface area contributed by atoms with Gasteiger partial charge < -0.3 is 10.4 Å². The summed E-state index contributed by atoms with van der Waals surface area (Å²) >= 11 is 1.04. The average Bonchev–Trinajstić information content (AvgIpc) is 2.27. The number of nitrogens with one attached hydrogen (secondary N) is 1. The fourth-order valence-corrected chi connectivity index (χ4v) is 1.56. The fraction of sp³-hybridized carbons (Fsp3) is 0.333. The predicted molar refractivity (Wildman–Crippen MR) is 60.1 cm³/mol. The Morgan fingerprint density at radius 2 is 2.05 bits per heavy atom. The maximum Gasteiger partial charge on any atom is 0.471 e. The van der Waals surface area contributed by atoms with Gasteiger partial charge >= 0.3 is 18.1 Å². The van der Waals surface area contributed by atoms with E-state index in [0.29, 0.717) is 5.75 Å². The quantitative estimate of drug-likeness (QED) is 0.650. The molecule has 0 aliphatic carbocycles. The van der Waals surface area contributed by atoms with Crippen LogP contribution in [0, 0.1) is 0 Å². The number of thioether (sulfide) groups is 1. The minimum Gasteiger partial charge on any atom is -0.477 e. The Bertz CT molecular complexity index is 507. The number of halogens is 3. The molecule has 0 atom stereocenters. The van der Waals surface area contributed by atoms with Gasteiger partial charge in [-0.15, -0.1) is 0 Å². The van der Waals surface area contributed by atoms with Crippen LogP contribution in [0.4, 0.5) is 19.0 Å². The third-order valence-corrected chi connectivity index (χ3v) is 2.43. The Labute approximate surface area is 109 Å². The zero-order chi connectivity index (χ0) is 14.6. The molecule has 0 saturated heterocycles. The summed E-state index contributed by atoms with van der Waals surface area (Å²) in [4.78, 5) is 28.7. The standard InChI is InChI=1S/C9H8F3N3O3S/c1-2-19-8-13-4(6(16)17)3-5(15-8)14-7(18)9(10,11)12/h3H,2H2,1H3,(H,16,17)(H,13,14,15,18). The lowest BCUT2D eigenvalue weighted by Gasteiger charge is -2.08. The summed E-state index contributed by atoms with van der Waals surface area (Å²) in [5.41, 5.74) is -0.497. The van der Waals surface area contributed by atoms with Crippen LogP contribution in [0.5, 0.6) is 0 Å². The van der Waals surface area contributed by atoms with Gasteiger partial charge in [-0.2, -0.15) is 13.2 Å². The fourth-order valence-electron chi connectivity index (χ4n) is 0.980. The number of nitrogens with zero attached hydrogens (tertiary/aromatic N) is 2. The highest BCUT2D eigenvalue weighted by Crippen LogP contribution is 2.20. The second-order valence-electron chi connectivity index (χ2n) is 3.11. The SMILES string of the molecule is CCSc1nc(NC(=O)C(F)(F)F)cc(C(=O)O)n1. The normalized spacial score (nSPS) is 11.2. The van der Waals surface area contributed by atoms with Gasteiger partial charge in [-0.1, -0.05) is 18.7 Å². The van der Waals surface area contributed by atoms with Crippen molar-refractivity contribution in [3.05, 3.63) is 11.8 Å². The third-order valence-electron chi connectivity index (χ3n) is 1.70. The number of hydrogen-bond donors (Lipinski definition) is 2. The Morgan fingerprint density at radius 1 is 1.42 bits per heavy atom. The van der Waals surface area contributed by atoms with Crippen LogP contribution in [-0.4, -0.2) is 38.9 Å². The summed E-state index contributed by atoms with van der Waals surface area (Å²) in [5.74, 6) is -3.67. The monoisotopic (exact) mass is 295 g/mol. The largest absolute Gasteiger partial charge is 0.477 e. The lowest BCUT2D eigenvalue weighted by Crippen LogP contribution is -2.30. The number of amides is 1. The van der Waals surface area contributed by atoms with Crippen LogP contribution < -0.4 is 5.32 Å². The van der Waals surface area contributed by atoms with Gasteiger partial charge in [-0.05, 0) is 5.75 Å². The van der Waals surface area contributed by atoms with E-state index in [4.69, 9.17) is 5.11 Å². The number of carboxylic acid groups (broad SMARTS) is 1. The topological polar surface area (TPSA) is 92.2 Å². The zero-order valence-electron chi connectivity index (χ0n) is 9.48. The second-order valence-corrected chi connectivity index (χ2v) is 4.34. The number of aromatic carboxylic acids is 1. The Kier molecular flexibility index (Phi) is 4.70. The van der Waals surface area contributed by atoms with E-state index in [2.05, 4.69) is 9.97 Å². The Morgan fingerprint density at radius 3 is 2.53 bits per heavy atom. The molecule has 19 heavy (non-hydrogen) atoms. The summed E-state index contributed by atoms with van der Waals surface area (Å²) in [6.45, 7) is 1.73. The van der Waals surface area contributed by atoms with Crippen molar-refractivity contribution in [3.8, 4) is 0 Å². The highest BCUT2D eigenvalue weighted by Gasteiger charge is 2.39. The summed E-state index contributed by atoms with van der Waals surface area (Å²) < 4.78 is 36.2. The predicted octanol–water partition coefficient (Wildman–Crippen LogP) is 1.79. The number of carbonyl (C=O) groups is 2. The van der Waals surface area contributed by atoms with Gasteiger partial charge in [0.15, 0.2) is 10.9 Å². The molecule has 0 bridgehead atoms. The van der Waals surface area contributed by atoms with Crippen LogP contribution in [0.2, 0.25) is 0 Å². The molecule has 1 aromatic heterocycles. The molecule has 0 aromatic carbocycles. The van der Waals surface area contributed by atoms with Crippen molar-refractivity contribution in [3.63, 3.8) is 0 Å². The van der Waals surface area contributed by atoms with Crippen LogP contribution in [0.3, 0.4) is 0 Å². The van der Waals surface area contributed by atoms with E-state index in [1.807, 2.05) is 0 Å². The van der Waals surface area contributed by atoms with Gasteiger partial charge in [-0.25, -0.2) is 14.8 Å². The molecule has 1 aromatic rings. The molecule has 6 nitrogen and oxygen atoms in total. The van der Waals surface area contributed by atoms with E-state index in [9.17, 15) is 22.8 Å². The highest BCUT2D eigenvalue weighted by molar-refractivity contribution is 7.99. The van der Waals surface area contributed by atoms with Crippen molar-refractivity contribution < 1.29 is 27.9 Å². The van der Waals surface area contributed by atoms with Gasteiger partial charge in [0.25, 0.3) is 0 Å². The van der Waals surface area contributed by atoms with Crippen LogP contribution in [0.15, 0.2) is 11.2 Å². The molecule has 1 heterocycles. The number of hydrogen-bond acceptors (Lipinski definition) is 5. The van der Waals surface area contributed by atoms with Crippen molar-refractivity contribution in [2.75, 3.05) is 11.1 Å². The van der Waals surface area contributed by atoms with E-state index in [0.717, 1.165) is 17.8 Å². The molecule has 10 heteroatoms. The van der Waals surface area contributed by atoms with Crippen LogP contribution in [-0.2, 0) is 4.79 Å². The maximum absolute atomic E-state index is 12.1. The Balaban J connectivity index is 3.06. The average molecular weight is 295 g/mol. The Hall–Kier alpha value is -1.84. The zero-order valence-corrected chi connectivity index (χ0v) is 10.3. The van der Waals surface area contributed by atoms with Crippen LogP contribution in [0.25, 0.3) is 0 Å². The van der Waals surface area contributed by atoms with E-state index < -0.39 is 29.6 Å². The van der Waals surface area contributed by atoms with Gasteiger partial charge in [0.1, 0.15) is 5.82 Å². The van der Waals surface area contributed by atoms with Crippen LogP contribution >= 0.6 is 11.8 Å². The van der Waals surface area contributed by atoms with Crippen molar-refractivity contribution in [2.24, 2.45) is 0 Å². The van der Waals surface area contributed by atoms with Crippen molar-refractivity contribution >= 4 is 29.5 Å². The van der Waals surface area contributed by atoms with Gasteiger partial charge in [0, 0.05) is 6.07 Å². The minimum atomic E-state index is -5.08. The molecule has 104 valence electrons. The molecule has 0 aliphatic rings. The minimum absolute atomic E-state index is 0.0279. The van der Waals surface area contributed by atoms with E-state index in [1.165, 1.54) is 5.32 Å². The first kappa shape index (κ1) is 15.2. The van der Waals surface area contributed by atoms with Crippen molar-refractivity contribution in [1.82, 2.24) is 9.97 Å². The molecule has 0 spiro atoms. The molecular weight excluding hydrogens is 287 g/mol. The maximum atomic E-state index is 12.1. The van der Waals surface area contributed by atoms with E-state index in [-0.39, 0.29) is 5.16 Å². The first-order valence-electron chi connectivity index (χ1n) is 4.87. The number of anilines is 1. The van der Waals surface area contributed by atoms with Crippen LogP contribution in [0.1, 0.15) is 17.4 Å².